The number of nitrogens with zero attached hydrogens (tertiary/aromatic N) is 3. The number of anilines is 1. The summed E-state index contributed by atoms with van der Waals surface area (Å²) in [5, 5.41) is 4.18. The quantitative estimate of drug-likeness (QED) is 0.748. The van der Waals surface area contributed by atoms with Gasteiger partial charge in [0.05, 0.1) is 6.54 Å². The highest BCUT2D eigenvalue weighted by Crippen LogP contribution is 2.21. The van der Waals surface area contributed by atoms with Crippen molar-refractivity contribution >= 4 is 16.8 Å². The highest BCUT2D eigenvalue weighted by Gasteiger charge is 2.25. The van der Waals surface area contributed by atoms with E-state index in [9.17, 15) is 14.0 Å². The van der Waals surface area contributed by atoms with E-state index >= 15 is 0 Å². The summed E-state index contributed by atoms with van der Waals surface area (Å²) < 4.78 is 21.6. The van der Waals surface area contributed by atoms with E-state index in [1.165, 1.54) is 29.8 Å². The summed E-state index contributed by atoms with van der Waals surface area (Å²) in [5.74, 6) is 1.09. The largest absolute Gasteiger partial charge is 0.460 e. The van der Waals surface area contributed by atoms with Crippen LogP contribution in [0.15, 0.2) is 44.3 Å². The standard InChI is InChI=1S/C19H21FN4O3/c1-22-17(9-18(25)23(2)19(22)26)24-6-5-14(11-24)21-10-15-8-12-7-13(20)3-4-16(12)27-15/h3-4,7-9,14,21H,5-6,10-11H2,1-2H3/t14-/m1/s1. The van der Waals surface area contributed by atoms with Crippen molar-refractivity contribution < 1.29 is 8.81 Å². The molecule has 0 radical (unpaired) electrons. The zero-order valence-corrected chi connectivity index (χ0v) is 15.2. The molecule has 0 aliphatic carbocycles. The molecule has 3 heterocycles. The Hall–Kier alpha value is -2.87. The van der Waals surface area contributed by atoms with E-state index < -0.39 is 0 Å². The van der Waals surface area contributed by atoms with Crippen LogP contribution in [0.2, 0.25) is 0 Å². The van der Waals surface area contributed by atoms with Crippen LogP contribution < -0.4 is 21.5 Å². The molecular formula is C19H21FN4O3. The number of benzene rings is 1. The Morgan fingerprint density at radius 3 is 2.81 bits per heavy atom. The SMILES string of the molecule is Cn1c(N2CC[C@@H](NCc3cc4cc(F)ccc4o3)C2)cc(=O)n(C)c1=O. The average molecular weight is 372 g/mol. The molecule has 0 amide bonds. The van der Waals surface area contributed by atoms with E-state index in [-0.39, 0.29) is 23.1 Å². The molecule has 2 aromatic heterocycles. The van der Waals surface area contributed by atoms with Gasteiger partial charge in [-0.25, -0.2) is 9.18 Å². The number of nitrogens with one attached hydrogen (secondary N) is 1. The lowest BCUT2D eigenvalue weighted by atomic mass is 10.2. The van der Waals surface area contributed by atoms with Crippen LogP contribution in [0, 0.1) is 5.82 Å². The number of rotatable bonds is 4. The molecule has 0 saturated carbocycles. The minimum Gasteiger partial charge on any atom is -0.460 e. The number of aromatic nitrogens is 2. The fourth-order valence-corrected chi connectivity index (χ4v) is 3.56. The Morgan fingerprint density at radius 1 is 1.19 bits per heavy atom. The average Bonchev–Trinajstić information content (AvgIpc) is 3.27. The van der Waals surface area contributed by atoms with Crippen molar-refractivity contribution in [3.63, 3.8) is 0 Å². The fraction of sp³-hybridized carbons (Fsp3) is 0.368. The molecule has 0 bridgehead atoms. The minimum atomic E-state index is -0.330. The first-order chi connectivity index (χ1) is 12.9. The normalized spacial score (nSPS) is 17.1. The molecule has 142 valence electrons. The lowest BCUT2D eigenvalue weighted by Gasteiger charge is -2.21. The van der Waals surface area contributed by atoms with Crippen molar-refractivity contribution in [3.8, 4) is 0 Å². The van der Waals surface area contributed by atoms with Gasteiger partial charge in [-0.1, -0.05) is 0 Å². The molecule has 1 saturated heterocycles. The summed E-state index contributed by atoms with van der Waals surface area (Å²) in [5.41, 5.74) is 0.0267. The molecule has 1 aromatic carbocycles. The van der Waals surface area contributed by atoms with Gasteiger partial charge in [0.2, 0.25) is 0 Å². The molecule has 8 heteroatoms. The lowest BCUT2D eigenvalue weighted by molar-refractivity contribution is 0.475. The molecule has 0 spiro atoms. The molecule has 1 fully saturated rings. The summed E-state index contributed by atoms with van der Waals surface area (Å²) in [6.45, 7) is 1.98. The molecule has 1 N–H and O–H groups in total. The van der Waals surface area contributed by atoms with Gasteiger partial charge in [0.15, 0.2) is 0 Å². The summed E-state index contributed by atoms with van der Waals surface area (Å²) in [6, 6.07) is 8.00. The van der Waals surface area contributed by atoms with Crippen molar-refractivity contribution in [2.45, 2.75) is 19.0 Å². The van der Waals surface area contributed by atoms with Crippen molar-refractivity contribution in [2.24, 2.45) is 14.1 Å². The summed E-state index contributed by atoms with van der Waals surface area (Å²) in [4.78, 5) is 26.1. The van der Waals surface area contributed by atoms with Crippen LogP contribution in [0.3, 0.4) is 0 Å². The van der Waals surface area contributed by atoms with E-state index in [1.807, 2.05) is 11.0 Å². The predicted octanol–water partition coefficient (Wildman–Crippen LogP) is 1.34. The Balaban J connectivity index is 1.44. The number of hydrogen-bond donors (Lipinski definition) is 1. The summed E-state index contributed by atoms with van der Waals surface area (Å²) in [7, 11) is 3.15. The van der Waals surface area contributed by atoms with Gasteiger partial charge in [0.25, 0.3) is 5.56 Å². The Bertz CT molecular complexity index is 1110. The number of halogens is 1. The van der Waals surface area contributed by atoms with Crippen LogP contribution in [0.25, 0.3) is 11.0 Å². The zero-order valence-electron chi connectivity index (χ0n) is 15.2. The fourth-order valence-electron chi connectivity index (χ4n) is 3.56. The van der Waals surface area contributed by atoms with Crippen LogP contribution in [-0.2, 0) is 20.6 Å². The lowest BCUT2D eigenvalue weighted by Crippen LogP contribution is -2.40. The monoisotopic (exact) mass is 372 g/mol. The predicted molar refractivity (Wildman–Crippen MR) is 101 cm³/mol. The molecule has 1 aliphatic heterocycles. The van der Waals surface area contributed by atoms with Crippen molar-refractivity contribution in [3.05, 3.63) is 62.7 Å². The third kappa shape index (κ3) is 3.28. The molecule has 7 nitrogen and oxygen atoms in total. The van der Waals surface area contributed by atoms with Crippen LogP contribution >= 0.6 is 0 Å². The molecule has 1 aliphatic rings. The second-order valence-electron chi connectivity index (χ2n) is 6.95. The van der Waals surface area contributed by atoms with Crippen LogP contribution in [-0.4, -0.2) is 28.3 Å². The maximum atomic E-state index is 13.3. The van der Waals surface area contributed by atoms with Crippen molar-refractivity contribution in [2.75, 3.05) is 18.0 Å². The highest BCUT2D eigenvalue weighted by molar-refractivity contribution is 5.77. The first kappa shape index (κ1) is 17.5. The van der Waals surface area contributed by atoms with Gasteiger partial charge in [0.1, 0.15) is 23.0 Å². The minimum absolute atomic E-state index is 0.203. The maximum absolute atomic E-state index is 13.3. The third-order valence-corrected chi connectivity index (χ3v) is 5.11. The Labute approximate surface area is 154 Å². The smallest absolute Gasteiger partial charge is 0.332 e. The van der Waals surface area contributed by atoms with E-state index in [0.29, 0.717) is 24.5 Å². The molecular weight excluding hydrogens is 351 g/mol. The second-order valence-corrected chi connectivity index (χ2v) is 6.95. The molecule has 4 rings (SSSR count). The summed E-state index contributed by atoms with van der Waals surface area (Å²) >= 11 is 0. The van der Waals surface area contributed by atoms with Gasteiger partial charge in [0, 0.05) is 44.7 Å². The first-order valence-corrected chi connectivity index (χ1v) is 8.86. The third-order valence-electron chi connectivity index (χ3n) is 5.11. The van der Waals surface area contributed by atoms with Crippen molar-refractivity contribution in [1.29, 1.82) is 0 Å². The van der Waals surface area contributed by atoms with Crippen LogP contribution in [0.5, 0.6) is 0 Å². The Kier molecular flexibility index (Phi) is 4.35. The molecule has 3 aromatic rings. The number of furan rings is 1. The van der Waals surface area contributed by atoms with Crippen LogP contribution in [0.4, 0.5) is 10.2 Å². The van der Waals surface area contributed by atoms with Gasteiger partial charge in [-0.3, -0.25) is 13.9 Å². The number of fused-ring (bicyclic) bond motifs is 1. The maximum Gasteiger partial charge on any atom is 0.332 e. The first-order valence-electron chi connectivity index (χ1n) is 8.86. The summed E-state index contributed by atoms with van der Waals surface area (Å²) in [6.07, 6.45) is 0.887. The van der Waals surface area contributed by atoms with Gasteiger partial charge < -0.3 is 14.6 Å². The molecule has 27 heavy (non-hydrogen) atoms. The second kappa shape index (κ2) is 6.70. The van der Waals surface area contributed by atoms with Crippen molar-refractivity contribution in [1.82, 2.24) is 14.5 Å². The highest BCUT2D eigenvalue weighted by atomic mass is 19.1. The van der Waals surface area contributed by atoms with Gasteiger partial charge in [-0.15, -0.1) is 0 Å². The van der Waals surface area contributed by atoms with E-state index in [0.717, 1.165) is 28.7 Å². The van der Waals surface area contributed by atoms with E-state index in [1.54, 1.807) is 13.1 Å². The van der Waals surface area contributed by atoms with Gasteiger partial charge in [-0.2, -0.15) is 0 Å². The zero-order chi connectivity index (χ0) is 19.1. The Morgan fingerprint density at radius 2 is 2.00 bits per heavy atom. The van der Waals surface area contributed by atoms with Crippen LogP contribution in [0.1, 0.15) is 12.2 Å². The topological polar surface area (TPSA) is 72.4 Å². The van der Waals surface area contributed by atoms with Gasteiger partial charge >= 0.3 is 5.69 Å². The van der Waals surface area contributed by atoms with Gasteiger partial charge in [-0.05, 0) is 30.7 Å². The number of hydrogen-bond acceptors (Lipinski definition) is 5. The molecule has 1 atom stereocenters. The molecule has 0 unspecified atom stereocenters. The van der Waals surface area contributed by atoms with E-state index in [2.05, 4.69) is 5.32 Å². The van der Waals surface area contributed by atoms with E-state index in [4.69, 9.17) is 4.42 Å².